The van der Waals surface area contributed by atoms with Crippen molar-refractivity contribution in [3.05, 3.63) is 76.7 Å². The van der Waals surface area contributed by atoms with Gasteiger partial charge in [0.1, 0.15) is 6.04 Å². The topological polar surface area (TPSA) is 120 Å². The zero-order valence-electron chi connectivity index (χ0n) is 18.1. The normalized spacial score (nSPS) is 11.2. The van der Waals surface area contributed by atoms with E-state index in [2.05, 4.69) is 21.1 Å². The highest BCUT2D eigenvalue weighted by molar-refractivity contribution is 5.86. The molecule has 9 heteroatoms. The third-order valence-corrected chi connectivity index (χ3v) is 4.72. The van der Waals surface area contributed by atoms with E-state index in [0.29, 0.717) is 32.5 Å². The molecule has 4 amide bonds. The first kappa shape index (κ1) is 24.5. The minimum Gasteiger partial charge on any atom is -0.350 e. The fraction of sp³-hybridized carbons (Fsp3) is 0.348. The number of benzene rings is 2. The van der Waals surface area contributed by atoms with E-state index in [1.165, 1.54) is 6.92 Å². The van der Waals surface area contributed by atoms with Crippen molar-refractivity contribution in [1.29, 1.82) is 0 Å². The van der Waals surface area contributed by atoms with Gasteiger partial charge in [0.2, 0.25) is 11.8 Å². The number of hydrogen-bond donors (Lipinski definition) is 3. The lowest BCUT2D eigenvalue weighted by molar-refractivity contribution is -0.128. The Hall–Kier alpha value is -3.75. The van der Waals surface area contributed by atoms with E-state index < -0.39 is 12.1 Å². The molecule has 9 nitrogen and oxygen atoms in total. The molecule has 0 heterocycles. The van der Waals surface area contributed by atoms with Crippen molar-refractivity contribution in [2.75, 3.05) is 13.2 Å². The van der Waals surface area contributed by atoms with Crippen LogP contribution in [0, 0.1) is 4.91 Å². The van der Waals surface area contributed by atoms with Crippen molar-refractivity contribution >= 4 is 17.8 Å². The largest absolute Gasteiger partial charge is 0.350 e. The van der Waals surface area contributed by atoms with E-state index in [1.54, 1.807) is 4.90 Å². The number of rotatable bonds is 12. The van der Waals surface area contributed by atoms with Gasteiger partial charge in [-0.2, -0.15) is 0 Å². The Morgan fingerprint density at radius 3 is 2.16 bits per heavy atom. The standard InChI is InChI=1S/C23H29N5O4/c1-18(29)27-21(22(30)24-15-19-9-4-2-5-10-19)13-8-14-28(23(31)25-17-26-32)16-20-11-6-3-7-12-20/h2-7,9-12,21H,8,13-17H2,1H3,(H,24,30)(H,25,31)(H,27,29)/t21-/m0/s1. The Balaban J connectivity index is 1.95. The fourth-order valence-corrected chi connectivity index (χ4v) is 3.18. The molecule has 0 radical (unpaired) electrons. The second-order valence-corrected chi connectivity index (χ2v) is 7.28. The van der Waals surface area contributed by atoms with Gasteiger partial charge in [0, 0.05) is 26.6 Å². The van der Waals surface area contributed by atoms with E-state index in [1.807, 2.05) is 60.7 Å². The summed E-state index contributed by atoms with van der Waals surface area (Å²) in [6, 6.07) is 17.8. The zero-order chi connectivity index (χ0) is 23.2. The second-order valence-electron chi connectivity index (χ2n) is 7.28. The maximum Gasteiger partial charge on any atom is 0.319 e. The molecule has 0 fully saturated rings. The zero-order valence-corrected chi connectivity index (χ0v) is 18.1. The average Bonchev–Trinajstić information content (AvgIpc) is 2.80. The predicted molar refractivity (Wildman–Crippen MR) is 121 cm³/mol. The maximum atomic E-state index is 12.6. The SMILES string of the molecule is CC(=O)N[C@@H](CCCN(Cc1ccccc1)C(=O)NCN=O)C(=O)NCc1ccccc1. The van der Waals surface area contributed by atoms with E-state index in [9.17, 15) is 19.3 Å². The Bertz CT molecular complexity index is 876. The van der Waals surface area contributed by atoms with Crippen molar-refractivity contribution in [3.63, 3.8) is 0 Å². The molecule has 0 aliphatic carbocycles. The number of amides is 4. The second kappa shape index (κ2) is 13.5. The smallest absolute Gasteiger partial charge is 0.319 e. The van der Waals surface area contributed by atoms with E-state index in [4.69, 9.17) is 0 Å². The van der Waals surface area contributed by atoms with Gasteiger partial charge in [0.15, 0.2) is 6.67 Å². The summed E-state index contributed by atoms with van der Waals surface area (Å²) in [7, 11) is 0. The number of nitroso groups, excluding NO2 is 1. The highest BCUT2D eigenvalue weighted by Crippen LogP contribution is 2.08. The molecule has 1 atom stereocenters. The number of urea groups is 1. The summed E-state index contributed by atoms with van der Waals surface area (Å²) < 4.78 is 0. The Morgan fingerprint density at radius 2 is 1.56 bits per heavy atom. The van der Waals surface area contributed by atoms with Gasteiger partial charge in [0.05, 0.1) is 0 Å². The van der Waals surface area contributed by atoms with Crippen LogP contribution >= 0.6 is 0 Å². The van der Waals surface area contributed by atoms with Crippen LogP contribution in [0.4, 0.5) is 4.79 Å². The number of hydrogen-bond acceptors (Lipinski definition) is 5. The molecule has 0 saturated heterocycles. The summed E-state index contributed by atoms with van der Waals surface area (Å²) in [4.78, 5) is 48.6. The van der Waals surface area contributed by atoms with Crippen LogP contribution in [-0.4, -0.2) is 42.0 Å². The molecule has 170 valence electrons. The molecule has 2 aromatic rings. The Morgan fingerprint density at radius 1 is 0.938 bits per heavy atom. The van der Waals surface area contributed by atoms with E-state index in [0.717, 1.165) is 11.1 Å². The molecule has 2 aromatic carbocycles. The molecule has 0 aliphatic rings. The van der Waals surface area contributed by atoms with Crippen molar-refractivity contribution in [2.24, 2.45) is 5.18 Å². The number of carbonyl (C=O) groups excluding carboxylic acids is 3. The average molecular weight is 440 g/mol. The third kappa shape index (κ3) is 8.95. The molecular formula is C23H29N5O4. The van der Waals surface area contributed by atoms with Crippen molar-refractivity contribution in [3.8, 4) is 0 Å². The van der Waals surface area contributed by atoms with E-state index in [-0.39, 0.29) is 18.5 Å². The lowest BCUT2D eigenvalue weighted by Crippen LogP contribution is -2.46. The molecule has 0 aromatic heterocycles. The van der Waals surface area contributed by atoms with Gasteiger partial charge in [-0.15, -0.1) is 4.91 Å². The summed E-state index contributed by atoms with van der Waals surface area (Å²) in [5.74, 6) is -0.589. The fourth-order valence-electron chi connectivity index (χ4n) is 3.18. The third-order valence-electron chi connectivity index (χ3n) is 4.72. The number of nitrogens with zero attached hydrogens (tertiary/aromatic N) is 2. The monoisotopic (exact) mass is 439 g/mol. The van der Waals surface area contributed by atoms with Gasteiger partial charge < -0.3 is 20.9 Å². The van der Waals surface area contributed by atoms with Crippen molar-refractivity contribution < 1.29 is 14.4 Å². The summed E-state index contributed by atoms with van der Waals surface area (Å²) >= 11 is 0. The quantitative estimate of drug-likeness (QED) is 0.440. The van der Waals surface area contributed by atoms with Crippen molar-refractivity contribution in [2.45, 2.75) is 38.9 Å². The van der Waals surface area contributed by atoms with Crippen molar-refractivity contribution in [1.82, 2.24) is 20.9 Å². The van der Waals surface area contributed by atoms with Crippen LogP contribution in [-0.2, 0) is 22.7 Å². The van der Waals surface area contributed by atoms with Crippen LogP contribution in [0.25, 0.3) is 0 Å². The molecule has 32 heavy (non-hydrogen) atoms. The first-order chi connectivity index (χ1) is 15.5. The summed E-state index contributed by atoms with van der Waals surface area (Å²) in [6.07, 6.45) is 0.823. The first-order valence-corrected chi connectivity index (χ1v) is 10.4. The first-order valence-electron chi connectivity index (χ1n) is 10.4. The molecular weight excluding hydrogens is 410 g/mol. The molecule has 0 saturated carbocycles. The molecule has 3 N–H and O–H groups in total. The molecule has 0 unspecified atom stereocenters. The van der Waals surface area contributed by atoms with Crippen LogP contribution in [0.1, 0.15) is 30.9 Å². The van der Waals surface area contributed by atoms with Crippen LogP contribution in [0.3, 0.4) is 0 Å². The lowest BCUT2D eigenvalue weighted by Gasteiger charge is -2.24. The van der Waals surface area contributed by atoms with Crippen LogP contribution in [0.15, 0.2) is 65.8 Å². The maximum absolute atomic E-state index is 12.6. The van der Waals surface area contributed by atoms with E-state index >= 15 is 0 Å². The minimum absolute atomic E-state index is 0.284. The molecule has 0 aliphatic heterocycles. The van der Waals surface area contributed by atoms with Gasteiger partial charge in [-0.05, 0) is 29.1 Å². The van der Waals surface area contributed by atoms with Crippen LogP contribution < -0.4 is 16.0 Å². The summed E-state index contributed by atoms with van der Waals surface area (Å²) in [5, 5.41) is 10.6. The van der Waals surface area contributed by atoms with Gasteiger partial charge in [-0.25, -0.2) is 4.79 Å². The minimum atomic E-state index is -0.713. The van der Waals surface area contributed by atoms with Gasteiger partial charge in [0.25, 0.3) is 0 Å². The summed E-state index contributed by atoms with van der Waals surface area (Å²) in [5.41, 5.74) is 1.89. The Labute approximate surface area is 187 Å². The lowest BCUT2D eigenvalue weighted by atomic mass is 10.1. The number of carbonyl (C=O) groups is 3. The molecule has 2 rings (SSSR count). The summed E-state index contributed by atoms with van der Waals surface area (Å²) in [6.45, 7) is 2.08. The highest BCUT2D eigenvalue weighted by atomic mass is 16.3. The number of nitrogens with one attached hydrogen (secondary N) is 3. The predicted octanol–water partition coefficient (Wildman–Crippen LogP) is 2.52. The van der Waals surface area contributed by atoms with Crippen LogP contribution in [0.2, 0.25) is 0 Å². The highest BCUT2D eigenvalue weighted by Gasteiger charge is 2.20. The van der Waals surface area contributed by atoms with Crippen LogP contribution in [0.5, 0.6) is 0 Å². The van der Waals surface area contributed by atoms with Gasteiger partial charge in [-0.1, -0.05) is 60.7 Å². The Kier molecular flexibility index (Phi) is 10.4. The molecule has 0 spiro atoms. The van der Waals surface area contributed by atoms with Gasteiger partial charge in [-0.3, -0.25) is 9.59 Å². The van der Waals surface area contributed by atoms with Gasteiger partial charge >= 0.3 is 6.03 Å². The molecule has 0 bridgehead atoms.